The van der Waals surface area contributed by atoms with E-state index in [0.29, 0.717) is 4.77 Å². The number of rotatable bonds is 1. The van der Waals surface area contributed by atoms with E-state index in [4.69, 9.17) is 3.07 Å². The summed E-state index contributed by atoms with van der Waals surface area (Å²) in [5, 5.41) is 0. The first-order valence-electron chi connectivity index (χ1n) is 1.94. The van der Waals surface area contributed by atoms with Crippen molar-refractivity contribution in [2.24, 2.45) is 0 Å². The first-order valence-corrected chi connectivity index (χ1v) is 4.92. The summed E-state index contributed by atoms with van der Waals surface area (Å²) in [6.45, 7) is 0. The molecule has 7 heavy (non-hydrogen) atoms. The second-order valence-electron chi connectivity index (χ2n) is 1.12. The highest BCUT2D eigenvalue weighted by Gasteiger charge is 2.14. The van der Waals surface area contributed by atoms with Crippen LogP contribution in [0.3, 0.4) is 0 Å². The average molecular weight is 248 g/mol. The first-order chi connectivity index (χ1) is 3.43. The highest BCUT2D eigenvalue weighted by atomic mass is 127. The van der Waals surface area contributed by atoms with Crippen LogP contribution in [-0.4, -0.2) is 16.3 Å². The molecule has 0 unspecified atom stereocenters. The fourth-order valence-electron chi connectivity index (χ4n) is 0.388. The highest BCUT2D eigenvalue weighted by molar-refractivity contribution is 14.1. The van der Waals surface area contributed by atoms with Crippen molar-refractivity contribution in [3.63, 3.8) is 0 Å². The van der Waals surface area contributed by atoms with Crippen LogP contribution < -0.4 is 0 Å². The van der Waals surface area contributed by atoms with Crippen LogP contribution >= 0.6 is 46.5 Å². The summed E-state index contributed by atoms with van der Waals surface area (Å²) in [5.41, 5.74) is 0. The average Bonchev–Trinajstić information content (AvgIpc) is 2.14. The van der Waals surface area contributed by atoms with E-state index >= 15 is 0 Å². The second-order valence-corrected chi connectivity index (χ2v) is 4.27. The van der Waals surface area contributed by atoms with Gasteiger partial charge in [-0.25, -0.2) is 0 Å². The minimum absolute atomic E-state index is 0.417. The van der Waals surface area contributed by atoms with E-state index < -0.39 is 0 Å². The molecule has 0 aliphatic carbocycles. The number of hydrogen-bond acceptors (Lipinski definition) is 3. The molecule has 1 saturated heterocycles. The number of thioether (sulfide) groups is 2. The van der Waals surface area contributed by atoms with Crippen molar-refractivity contribution in [2.75, 3.05) is 11.5 Å². The Morgan fingerprint density at radius 1 is 1.43 bits per heavy atom. The molecule has 1 aliphatic heterocycles. The molecule has 1 fully saturated rings. The van der Waals surface area contributed by atoms with Gasteiger partial charge in [0.25, 0.3) is 0 Å². The highest BCUT2D eigenvalue weighted by Crippen LogP contribution is 2.33. The van der Waals surface area contributed by atoms with Crippen molar-refractivity contribution in [1.29, 1.82) is 0 Å². The van der Waals surface area contributed by atoms with E-state index in [9.17, 15) is 0 Å². The Bertz CT molecular complexity index is 54.9. The van der Waals surface area contributed by atoms with Crippen LogP contribution in [0.15, 0.2) is 0 Å². The smallest absolute Gasteiger partial charge is 0.161 e. The molecule has 0 aromatic rings. The third-order valence-corrected chi connectivity index (χ3v) is 4.55. The molecule has 0 radical (unpaired) electrons. The Kier molecular flexibility index (Phi) is 3.18. The van der Waals surface area contributed by atoms with Gasteiger partial charge in [0, 0.05) is 11.5 Å². The Balaban J connectivity index is 2.14. The molecular formula is C3H5IOS2. The maximum absolute atomic E-state index is 5.01. The lowest BCUT2D eigenvalue weighted by molar-refractivity contribution is 0.496. The van der Waals surface area contributed by atoms with Gasteiger partial charge in [-0.1, -0.05) is 0 Å². The van der Waals surface area contributed by atoms with Crippen molar-refractivity contribution in [2.45, 2.75) is 4.77 Å². The van der Waals surface area contributed by atoms with Crippen LogP contribution in [0.25, 0.3) is 0 Å². The Morgan fingerprint density at radius 3 is 2.29 bits per heavy atom. The fraction of sp³-hybridized carbons (Fsp3) is 1.00. The van der Waals surface area contributed by atoms with Gasteiger partial charge < -0.3 is 0 Å². The monoisotopic (exact) mass is 248 g/mol. The lowest BCUT2D eigenvalue weighted by Gasteiger charge is -1.98. The van der Waals surface area contributed by atoms with Crippen LogP contribution in [0, 0.1) is 0 Å². The molecule has 0 bridgehead atoms. The van der Waals surface area contributed by atoms with Gasteiger partial charge in [0.05, 0.1) is 0 Å². The third kappa shape index (κ3) is 1.99. The first kappa shape index (κ1) is 6.51. The van der Waals surface area contributed by atoms with Crippen LogP contribution in [0.1, 0.15) is 0 Å². The van der Waals surface area contributed by atoms with Crippen molar-refractivity contribution in [3.8, 4) is 0 Å². The van der Waals surface area contributed by atoms with E-state index in [2.05, 4.69) is 0 Å². The summed E-state index contributed by atoms with van der Waals surface area (Å²) in [6.07, 6.45) is 0. The standard InChI is InChI=1S/C3H5IOS2/c4-5-3-6-1-2-7-3/h3H,1-2H2. The second kappa shape index (κ2) is 3.42. The molecule has 0 spiro atoms. The lowest BCUT2D eigenvalue weighted by atomic mass is 11.0. The van der Waals surface area contributed by atoms with Crippen molar-refractivity contribution in [1.82, 2.24) is 0 Å². The summed E-state index contributed by atoms with van der Waals surface area (Å²) in [7, 11) is 0. The number of hydrogen-bond donors (Lipinski definition) is 0. The van der Waals surface area contributed by atoms with Gasteiger partial charge in [0.15, 0.2) is 4.77 Å². The predicted octanol–water partition coefficient (Wildman–Crippen LogP) is 2.12. The molecule has 0 atom stereocenters. The minimum atomic E-state index is 0.417. The molecule has 0 aromatic heterocycles. The van der Waals surface area contributed by atoms with Gasteiger partial charge in [-0.2, -0.15) is 0 Å². The zero-order chi connectivity index (χ0) is 5.11. The molecule has 1 heterocycles. The molecular weight excluding hydrogens is 243 g/mol. The van der Waals surface area contributed by atoms with Crippen LogP contribution in [-0.2, 0) is 3.07 Å². The van der Waals surface area contributed by atoms with E-state index in [1.165, 1.54) is 11.5 Å². The summed E-state index contributed by atoms with van der Waals surface area (Å²) >= 11 is 5.70. The van der Waals surface area contributed by atoms with Crippen molar-refractivity contribution < 1.29 is 3.07 Å². The minimum Gasteiger partial charge on any atom is -0.290 e. The van der Waals surface area contributed by atoms with Gasteiger partial charge in [-0.05, 0) is 0 Å². The Morgan fingerprint density at radius 2 is 2.00 bits per heavy atom. The maximum Gasteiger partial charge on any atom is 0.161 e. The van der Waals surface area contributed by atoms with Gasteiger partial charge in [-0.15, -0.1) is 23.5 Å². The van der Waals surface area contributed by atoms with E-state index in [1.54, 1.807) is 0 Å². The largest absolute Gasteiger partial charge is 0.290 e. The predicted molar refractivity (Wildman–Crippen MR) is 43.8 cm³/mol. The molecule has 0 saturated carbocycles. The molecule has 1 rings (SSSR count). The quantitative estimate of drug-likeness (QED) is 0.658. The van der Waals surface area contributed by atoms with E-state index in [-0.39, 0.29) is 0 Å². The Labute approximate surface area is 65.6 Å². The zero-order valence-electron chi connectivity index (χ0n) is 3.59. The Hall–Kier alpha value is 1.39. The van der Waals surface area contributed by atoms with Gasteiger partial charge in [0.1, 0.15) is 23.0 Å². The third-order valence-electron chi connectivity index (χ3n) is 0.664. The molecule has 4 heteroatoms. The normalized spacial score (nSPS) is 23.6. The molecule has 42 valence electrons. The molecule has 1 aliphatic rings. The van der Waals surface area contributed by atoms with Crippen molar-refractivity contribution >= 4 is 46.5 Å². The van der Waals surface area contributed by atoms with Crippen molar-refractivity contribution in [3.05, 3.63) is 0 Å². The van der Waals surface area contributed by atoms with Crippen LogP contribution in [0.5, 0.6) is 0 Å². The summed E-state index contributed by atoms with van der Waals surface area (Å²) < 4.78 is 5.42. The summed E-state index contributed by atoms with van der Waals surface area (Å²) in [5.74, 6) is 2.50. The summed E-state index contributed by atoms with van der Waals surface area (Å²) in [6, 6.07) is 0. The lowest BCUT2D eigenvalue weighted by Crippen LogP contribution is -1.85. The van der Waals surface area contributed by atoms with E-state index in [0.717, 1.165) is 0 Å². The van der Waals surface area contributed by atoms with Crippen LogP contribution in [0.4, 0.5) is 0 Å². The molecule has 1 nitrogen and oxygen atoms in total. The fourth-order valence-corrected chi connectivity index (χ4v) is 3.49. The summed E-state index contributed by atoms with van der Waals surface area (Å²) in [4.78, 5) is 0. The van der Waals surface area contributed by atoms with Gasteiger partial charge in [-0.3, -0.25) is 3.07 Å². The molecule has 0 amide bonds. The molecule has 0 N–H and O–H groups in total. The van der Waals surface area contributed by atoms with Gasteiger partial charge >= 0.3 is 0 Å². The zero-order valence-corrected chi connectivity index (χ0v) is 7.38. The number of halogens is 1. The molecule has 0 aromatic carbocycles. The topological polar surface area (TPSA) is 9.23 Å². The maximum atomic E-state index is 5.01. The van der Waals surface area contributed by atoms with Gasteiger partial charge in [0.2, 0.25) is 0 Å². The van der Waals surface area contributed by atoms with E-state index in [1.807, 2.05) is 46.5 Å². The SMILES string of the molecule is IOC1SCCS1. The van der Waals surface area contributed by atoms with Crippen LogP contribution in [0.2, 0.25) is 0 Å².